The quantitative estimate of drug-likeness (QED) is 0.877. The average molecular weight is 296 g/mol. The number of likely N-dealkylation sites (tertiary alicyclic amines) is 1. The standard InChI is InChI=1S/C15H24N2O2S/c1-11(2)9-13(14-6-4-8-20-14)16-15(19)17-7-3-5-12(17)10-18/h4,6,8,11-13,18H,3,5,7,9-10H2,1-2H3,(H,16,19)/t12-,13?/m0/s1. The summed E-state index contributed by atoms with van der Waals surface area (Å²) in [7, 11) is 0. The molecule has 2 rings (SSSR count). The van der Waals surface area contributed by atoms with Crippen LogP contribution in [0.2, 0.25) is 0 Å². The second kappa shape index (κ2) is 7.09. The molecule has 0 aliphatic carbocycles. The van der Waals surface area contributed by atoms with Gasteiger partial charge in [-0.3, -0.25) is 0 Å². The van der Waals surface area contributed by atoms with E-state index >= 15 is 0 Å². The zero-order chi connectivity index (χ0) is 14.5. The molecule has 0 spiro atoms. The van der Waals surface area contributed by atoms with Gasteiger partial charge in [-0.2, -0.15) is 0 Å². The lowest BCUT2D eigenvalue weighted by atomic mass is 10.0. The van der Waals surface area contributed by atoms with Gasteiger partial charge < -0.3 is 15.3 Å². The lowest BCUT2D eigenvalue weighted by Crippen LogP contribution is -2.45. The predicted octanol–water partition coefficient (Wildman–Crippen LogP) is 3.00. The Morgan fingerprint density at radius 2 is 2.40 bits per heavy atom. The van der Waals surface area contributed by atoms with Gasteiger partial charge >= 0.3 is 6.03 Å². The van der Waals surface area contributed by atoms with Gasteiger partial charge in [0.05, 0.1) is 18.7 Å². The summed E-state index contributed by atoms with van der Waals surface area (Å²) in [4.78, 5) is 15.4. The molecule has 2 N–H and O–H groups in total. The van der Waals surface area contributed by atoms with E-state index < -0.39 is 0 Å². The van der Waals surface area contributed by atoms with Crippen LogP contribution in [0.4, 0.5) is 4.79 Å². The number of amides is 2. The van der Waals surface area contributed by atoms with Gasteiger partial charge in [-0.05, 0) is 36.6 Å². The first-order valence-electron chi connectivity index (χ1n) is 7.33. The van der Waals surface area contributed by atoms with E-state index in [9.17, 15) is 9.90 Å². The van der Waals surface area contributed by atoms with Gasteiger partial charge in [-0.25, -0.2) is 4.79 Å². The number of rotatable bonds is 5. The van der Waals surface area contributed by atoms with Crippen molar-refractivity contribution in [1.29, 1.82) is 0 Å². The number of carbonyl (C=O) groups excluding carboxylic acids is 1. The summed E-state index contributed by atoms with van der Waals surface area (Å²) in [6.07, 6.45) is 2.81. The Morgan fingerprint density at radius 1 is 1.60 bits per heavy atom. The zero-order valence-corrected chi connectivity index (χ0v) is 13.0. The number of nitrogens with one attached hydrogen (secondary N) is 1. The van der Waals surface area contributed by atoms with E-state index in [1.165, 1.54) is 4.88 Å². The maximum atomic E-state index is 12.4. The number of hydrogen-bond acceptors (Lipinski definition) is 3. The third kappa shape index (κ3) is 3.73. The third-order valence-electron chi connectivity index (χ3n) is 3.74. The first-order chi connectivity index (χ1) is 9.61. The number of carbonyl (C=O) groups is 1. The summed E-state index contributed by atoms with van der Waals surface area (Å²) in [6.45, 7) is 5.13. The van der Waals surface area contributed by atoms with Crippen molar-refractivity contribution in [3.8, 4) is 0 Å². The van der Waals surface area contributed by atoms with Crippen LogP contribution in [-0.2, 0) is 0 Å². The van der Waals surface area contributed by atoms with Gasteiger partial charge in [0.25, 0.3) is 0 Å². The second-order valence-electron chi connectivity index (χ2n) is 5.82. The molecule has 0 saturated carbocycles. The molecule has 1 aromatic heterocycles. The summed E-state index contributed by atoms with van der Waals surface area (Å²) in [6, 6.07) is 4.11. The topological polar surface area (TPSA) is 52.6 Å². The Morgan fingerprint density at radius 3 is 3.00 bits per heavy atom. The smallest absolute Gasteiger partial charge is 0.318 e. The van der Waals surface area contributed by atoms with Crippen molar-refractivity contribution in [1.82, 2.24) is 10.2 Å². The highest BCUT2D eigenvalue weighted by atomic mass is 32.1. The summed E-state index contributed by atoms with van der Waals surface area (Å²) >= 11 is 1.68. The minimum atomic E-state index is -0.0411. The molecule has 5 heteroatoms. The Labute approximate surface area is 124 Å². The van der Waals surface area contributed by atoms with Gasteiger partial charge in [-0.15, -0.1) is 11.3 Å². The van der Waals surface area contributed by atoms with Crippen LogP contribution in [0.15, 0.2) is 17.5 Å². The van der Waals surface area contributed by atoms with Crippen LogP contribution in [0.25, 0.3) is 0 Å². The molecule has 2 heterocycles. The average Bonchev–Trinajstić information content (AvgIpc) is 3.08. The predicted molar refractivity (Wildman–Crippen MR) is 81.9 cm³/mol. The van der Waals surface area contributed by atoms with Crippen molar-refractivity contribution in [3.05, 3.63) is 22.4 Å². The highest BCUT2D eigenvalue weighted by molar-refractivity contribution is 7.10. The number of nitrogens with zero attached hydrogens (tertiary/aromatic N) is 1. The third-order valence-corrected chi connectivity index (χ3v) is 4.73. The lowest BCUT2D eigenvalue weighted by molar-refractivity contribution is 0.153. The maximum absolute atomic E-state index is 12.4. The van der Waals surface area contributed by atoms with Crippen molar-refractivity contribution in [2.75, 3.05) is 13.2 Å². The maximum Gasteiger partial charge on any atom is 0.318 e. The van der Waals surface area contributed by atoms with Crippen molar-refractivity contribution < 1.29 is 9.90 Å². The van der Waals surface area contributed by atoms with Crippen LogP contribution in [-0.4, -0.2) is 35.2 Å². The summed E-state index contributed by atoms with van der Waals surface area (Å²) in [5.74, 6) is 0.523. The van der Waals surface area contributed by atoms with Crippen LogP contribution in [0.5, 0.6) is 0 Å². The molecule has 1 saturated heterocycles. The van der Waals surface area contributed by atoms with E-state index in [0.29, 0.717) is 5.92 Å². The van der Waals surface area contributed by atoms with E-state index in [2.05, 4.69) is 25.2 Å². The minimum Gasteiger partial charge on any atom is -0.394 e. The molecule has 2 amide bonds. The van der Waals surface area contributed by atoms with E-state index in [1.807, 2.05) is 11.4 Å². The fourth-order valence-corrected chi connectivity index (χ4v) is 3.52. The van der Waals surface area contributed by atoms with Crippen molar-refractivity contribution in [2.24, 2.45) is 5.92 Å². The fourth-order valence-electron chi connectivity index (χ4n) is 2.73. The van der Waals surface area contributed by atoms with Gasteiger partial charge in [-0.1, -0.05) is 19.9 Å². The molecular weight excluding hydrogens is 272 g/mol. The molecule has 1 fully saturated rings. The molecule has 0 aromatic carbocycles. The highest BCUT2D eigenvalue weighted by Gasteiger charge is 2.29. The molecule has 1 aliphatic heterocycles. The van der Waals surface area contributed by atoms with Crippen LogP contribution < -0.4 is 5.32 Å². The highest BCUT2D eigenvalue weighted by Crippen LogP contribution is 2.26. The Bertz CT molecular complexity index is 420. The normalized spacial score (nSPS) is 20.4. The van der Waals surface area contributed by atoms with E-state index in [-0.39, 0.29) is 24.7 Å². The molecule has 20 heavy (non-hydrogen) atoms. The van der Waals surface area contributed by atoms with E-state index in [1.54, 1.807) is 16.2 Å². The fraction of sp³-hybridized carbons (Fsp3) is 0.667. The van der Waals surface area contributed by atoms with Crippen molar-refractivity contribution >= 4 is 17.4 Å². The summed E-state index contributed by atoms with van der Waals surface area (Å²) in [5, 5.41) is 14.5. The molecule has 1 unspecified atom stereocenters. The van der Waals surface area contributed by atoms with Crippen LogP contribution >= 0.6 is 11.3 Å². The SMILES string of the molecule is CC(C)CC(NC(=O)N1CCC[C@H]1CO)c1cccs1. The Hall–Kier alpha value is -1.07. The Kier molecular flexibility index (Phi) is 5.43. The first-order valence-corrected chi connectivity index (χ1v) is 8.21. The molecule has 112 valence electrons. The summed E-state index contributed by atoms with van der Waals surface area (Å²) in [5.41, 5.74) is 0. The second-order valence-corrected chi connectivity index (χ2v) is 6.80. The number of thiophene rings is 1. The van der Waals surface area contributed by atoms with Crippen LogP contribution in [0, 0.1) is 5.92 Å². The number of aliphatic hydroxyl groups is 1. The number of aliphatic hydroxyl groups excluding tert-OH is 1. The van der Waals surface area contributed by atoms with Gasteiger partial charge in [0.2, 0.25) is 0 Å². The van der Waals surface area contributed by atoms with E-state index in [4.69, 9.17) is 0 Å². The van der Waals surface area contributed by atoms with Crippen molar-refractivity contribution in [3.63, 3.8) is 0 Å². The van der Waals surface area contributed by atoms with Crippen LogP contribution in [0.1, 0.15) is 44.0 Å². The zero-order valence-electron chi connectivity index (χ0n) is 12.2. The molecule has 2 atom stereocenters. The van der Waals surface area contributed by atoms with Gasteiger partial charge in [0.1, 0.15) is 0 Å². The molecule has 4 nitrogen and oxygen atoms in total. The number of urea groups is 1. The molecule has 1 aliphatic rings. The first kappa shape index (κ1) is 15.3. The summed E-state index contributed by atoms with van der Waals surface area (Å²) < 4.78 is 0. The molecule has 0 radical (unpaired) electrons. The van der Waals surface area contributed by atoms with Gasteiger partial charge in [0, 0.05) is 11.4 Å². The minimum absolute atomic E-state index is 0.0157. The number of hydrogen-bond donors (Lipinski definition) is 2. The Balaban J connectivity index is 2.02. The van der Waals surface area contributed by atoms with Gasteiger partial charge in [0.15, 0.2) is 0 Å². The van der Waals surface area contributed by atoms with E-state index in [0.717, 1.165) is 25.8 Å². The van der Waals surface area contributed by atoms with Crippen molar-refractivity contribution in [2.45, 2.75) is 45.2 Å². The lowest BCUT2D eigenvalue weighted by Gasteiger charge is -2.27. The molecule has 0 bridgehead atoms. The monoisotopic (exact) mass is 296 g/mol. The largest absolute Gasteiger partial charge is 0.394 e. The van der Waals surface area contributed by atoms with Crippen LogP contribution in [0.3, 0.4) is 0 Å². The molecular formula is C15H24N2O2S. The molecule has 1 aromatic rings.